The fourth-order valence-corrected chi connectivity index (χ4v) is 2.90. The highest BCUT2D eigenvalue weighted by molar-refractivity contribution is 5.97. The molecule has 0 saturated carbocycles. The normalized spacial score (nSPS) is 20.4. The van der Waals surface area contributed by atoms with E-state index in [2.05, 4.69) is 0 Å². The first-order valence-electron chi connectivity index (χ1n) is 8.98. The highest BCUT2D eigenvalue weighted by Crippen LogP contribution is 2.37. The van der Waals surface area contributed by atoms with Crippen LogP contribution >= 0.6 is 0 Å². The van der Waals surface area contributed by atoms with Crippen LogP contribution < -0.4 is 11.1 Å². The van der Waals surface area contributed by atoms with E-state index >= 15 is 0 Å². The van der Waals surface area contributed by atoms with E-state index in [1.165, 1.54) is 18.7 Å². The van der Waals surface area contributed by atoms with Crippen molar-refractivity contribution in [3.05, 3.63) is 0 Å². The van der Waals surface area contributed by atoms with Crippen molar-refractivity contribution in [2.75, 3.05) is 6.54 Å². The number of carbonyl (C=O) groups is 3. The molecule has 11 heteroatoms. The number of alkyl halides is 5. The van der Waals surface area contributed by atoms with E-state index in [1.807, 2.05) is 5.32 Å². The molecule has 0 aliphatic carbocycles. The second-order valence-electron chi connectivity index (χ2n) is 7.63. The lowest BCUT2D eigenvalue weighted by atomic mass is 9.95. The Hall–Kier alpha value is -1.78. The smallest absolute Gasteiger partial charge is 0.344 e. The van der Waals surface area contributed by atoms with Crippen LogP contribution in [0.4, 0.5) is 22.0 Å². The Balaban J connectivity index is 3.01. The van der Waals surface area contributed by atoms with Crippen molar-refractivity contribution in [1.29, 1.82) is 0 Å². The third-order valence-electron chi connectivity index (χ3n) is 4.75. The monoisotopic (exact) mass is 415 g/mol. The van der Waals surface area contributed by atoms with Crippen molar-refractivity contribution in [2.45, 2.75) is 70.8 Å². The van der Waals surface area contributed by atoms with Crippen molar-refractivity contribution in [3.63, 3.8) is 0 Å². The van der Waals surface area contributed by atoms with Gasteiger partial charge in [-0.3, -0.25) is 14.4 Å². The second-order valence-corrected chi connectivity index (χ2v) is 7.63. The van der Waals surface area contributed by atoms with Crippen LogP contribution in [0.5, 0.6) is 0 Å². The molecule has 1 saturated heterocycles. The molecule has 2 amide bonds. The zero-order valence-electron chi connectivity index (χ0n) is 16.1. The molecular formula is C17H26F5N3O3. The Morgan fingerprint density at radius 3 is 2.00 bits per heavy atom. The lowest BCUT2D eigenvalue weighted by Crippen LogP contribution is -2.59. The minimum Gasteiger partial charge on any atom is -0.344 e. The summed E-state index contributed by atoms with van der Waals surface area (Å²) >= 11 is 0. The molecule has 1 aliphatic rings. The average Bonchev–Trinajstić information content (AvgIpc) is 3.05. The molecule has 162 valence electrons. The first kappa shape index (κ1) is 24.3. The van der Waals surface area contributed by atoms with Gasteiger partial charge < -0.3 is 16.0 Å². The molecule has 0 aromatic carbocycles. The maximum Gasteiger partial charge on any atom is 0.461 e. The molecule has 1 heterocycles. The number of hydrogen-bond acceptors (Lipinski definition) is 4. The van der Waals surface area contributed by atoms with Gasteiger partial charge in [-0.1, -0.05) is 27.7 Å². The van der Waals surface area contributed by atoms with E-state index in [4.69, 9.17) is 5.73 Å². The molecule has 1 fully saturated rings. The third-order valence-corrected chi connectivity index (χ3v) is 4.75. The number of halogens is 5. The van der Waals surface area contributed by atoms with Crippen LogP contribution in [0.2, 0.25) is 0 Å². The Morgan fingerprint density at radius 2 is 1.57 bits per heavy atom. The third kappa shape index (κ3) is 4.98. The van der Waals surface area contributed by atoms with Crippen LogP contribution in [-0.2, 0) is 14.4 Å². The van der Waals surface area contributed by atoms with Gasteiger partial charge in [-0.25, -0.2) is 0 Å². The quantitative estimate of drug-likeness (QED) is 0.621. The summed E-state index contributed by atoms with van der Waals surface area (Å²) in [5.41, 5.74) is 5.80. The molecule has 6 nitrogen and oxygen atoms in total. The summed E-state index contributed by atoms with van der Waals surface area (Å²) in [5, 5.41) is 1.99. The molecule has 28 heavy (non-hydrogen) atoms. The van der Waals surface area contributed by atoms with Crippen LogP contribution in [0.1, 0.15) is 40.5 Å². The van der Waals surface area contributed by atoms with Crippen LogP contribution in [0.15, 0.2) is 0 Å². The Labute approximate surface area is 160 Å². The van der Waals surface area contributed by atoms with Gasteiger partial charge in [0.15, 0.2) is 0 Å². The number of ketones is 1. The number of likely N-dealkylation sites (tertiary alicyclic amines) is 1. The lowest BCUT2D eigenvalue weighted by Gasteiger charge is -2.31. The van der Waals surface area contributed by atoms with Crippen LogP contribution in [0.3, 0.4) is 0 Å². The molecule has 0 bridgehead atoms. The molecule has 0 unspecified atom stereocenters. The fraction of sp³-hybridized carbons (Fsp3) is 0.824. The SMILES string of the molecule is CC(C)[C@@H](N)C(=O)N1CCC[C@@H]1C(=O)N[C@@H](C(=O)C(F)(F)C(F)(F)F)C(C)C. The van der Waals surface area contributed by atoms with E-state index in [0.29, 0.717) is 6.42 Å². The number of carbonyl (C=O) groups excluding carboxylic acids is 3. The van der Waals surface area contributed by atoms with Gasteiger partial charge in [0.05, 0.1) is 12.1 Å². The van der Waals surface area contributed by atoms with Gasteiger partial charge in [-0.2, -0.15) is 22.0 Å². The van der Waals surface area contributed by atoms with Crippen molar-refractivity contribution in [3.8, 4) is 0 Å². The molecule has 0 radical (unpaired) electrons. The van der Waals surface area contributed by atoms with E-state index in [9.17, 15) is 36.3 Å². The number of rotatable bonds is 7. The van der Waals surface area contributed by atoms with Gasteiger partial charge in [0, 0.05) is 6.54 Å². The number of hydrogen-bond donors (Lipinski definition) is 2. The first-order chi connectivity index (χ1) is 12.6. The Bertz CT molecular complexity index is 607. The summed E-state index contributed by atoms with van der Waals surface area (Å²) in [6.45, 7) is 6.10. The Morgan fingerprint density at radius 1 is 1.04 bits per heavy atom. The van der Waals surface area contributed by atoms with Crippen molar-refractivity contribution in [1.82, 2.24) is 10.2 Å². The van der Waals surface area contributed by atoms with Gasteiger partial charge in [0.25, 0.3) is 0 Å². The predicted octanol–water partition coefficient (Wildman–Crippen LogP) is 1.87. The highest BCUT2D eigenvalue weighted by Gasteiger charge is 2.64. The predicted molar refractivity (Wildman–Crippen MR) is 90.3 cm³/mol. The number of nitrogens with two attached hydrogens (primary N) is 1. The minimum atomic E-state index is -6.07. The summed E-state index contributed by atoms with van der Waals surface area (Å²) in [4.78, 5) is 38.0. The molecule has 3 N–H and O–H groups in total. The lowest BCUT2D eigenvalue weighted by molar-refractivity contribution is -0.270. The maximum absolute atomic E-state index is 13.5. The van der Waals surface area contributed by atoms with Gasteiger partial charge >= 0.3 is 12.1 Å². The molecule has 0 spiro atoms. The first-order valence-corrected chi connectivity index (χ1v) is 8.98. The van der Waals surface area contributed by atoms with E-state index in [-0.39, 0.29) is 18.9 Å². The summed E-state index contributed by atoms with van der Waals surface area (Å²) in [6, 6.07) is -4.02. The largest absolute Gasteiger partial charge is 0.461 e. The topological polar surface area (TPSA) is 92.5 Å². The molecule has 0 aromatic heterocycles. The standard InChI is InChI=1S/C17H26F5N3O3/c1-8(2)11(23)15(28)25-7-5-6-10(25)14(27)24-12(9(3)4)13(26)16(18,19)17(20,21)22/h8-12H,5-7,23H2,1-4H3,(H,24,27)/t10-,11-,12-/m1/s1. The van der Waals surface area contributed by atoms with Crippen molar-refractivity contribution < 1.29 is 36.3 Å². The van der Waals surface area contributed by atoms with Crippen LogP contribution in [0, 0.1) is 11.8 Å². The molecule has 0 aromatic rings. The molecule has 1 aliphatic heterocycles. The van der Waals surface area contributed by atoms with Crippen LogP contribution in [-0.4, -0.2) is 59.3 Å². The van der Waals surface area contributed by atoms with E-state index < -0.39 is 53.7 Å². The fourth-order valence-electron chi connectivity index (χ4n) is 2.90. The maximum atomic E-state index is 13.5. The highest BCUT2D eigenvalue weighted by atomic mass is 19.4. The number of Topliss-reactive ketones (excluding diaryl/α,β-unsaturated/α-hetero) is 1. The summed E-state index contributed by atoms with van der Waals surface area (Å²) in [7, 11) is 0. The zero-order chi connectivity index (χ0) is 22.0. The summed E-state index contributed by atoms with van der Waals surface area (Å²) < 4.78 is 64.5. The average molecular weight is 415 g/mol. The zero-order valence-corrected chi connectivity index (χ0v) is 16.1. The van der Waals surface area contributed by atoms with Gasteiger partial charge in [-0.05, 0) is 24.7 Å². The molecular weight excluding hydrogens is 389 g/mol. The van der Waals surface area contributed by atoms with Crippen LogP contribution in [0.25, 0.3) is 0 Å². The number of amides is 2. The summed E-state index contributed by atoms with van der Waals surface area (Å²) in [5.74, 6) is -10.7. The second kappa shape index (κ2) is 8.71. The van der Waals surface area contributed by atoms with E-state index in [1.54, 1.807) is 13.8 Å². The molecule has 3 atom stereocenters. The van der Waals surface area contributed by atoms with Gasteiger partial charge in [-0.15, -0.1) is 0 Å². The van der Waals surface area contributed by atoms with Crippen molar-refractivity contribution >= 4 is 17.6 Å². The number of nitrogens with zero attached hydrogens (tertiary/aromatic N) is 1. The minimum absolute atomic E-state index is 0.192. The Kier molecular flexibility index (Phi) is 7.54. The van der Waals surface area contributed by atoms with Gasteiger partial charge in [0.1, 0.15) is 6.04 Å². The van der Waals surface area contributed by atoms with Crippen molar-refractivity contribution in [2.24, 2.45) is 17.6 Å². The molecule has 1 rings (SSSR count). The van der Waals surface area contributed by atoms with E-state index in [0.717, 1.165) is 0 Å². The van der Waals surface area contributed by atoms with Gasteiger partial charge in [0.2, 0.25) is 17.6 Å². The number of nitrogens with one attached hydrogen (secondary N) is 1. The summed E-state index contributed by atoms with van der Waals surface area (Å²) in [6.07, 6.45) is -5.44.